The van der Waals surface area contributed by atoms with Gasteiger partial charge in [-0.3, -0.25) is 15.0 Å². The minimum Gasteiger partial charge on any atom is -0.495 e. The van der Waals surface area contributed by atoms with Crippen LogP contribution in [-0.4, -0.2) is 52.7 Å². The number of sulfone groups is 1. The van der Waals surface area contributed by atoms with Crippen LogP contribution < -0.4 is 20.1 Å². The molecule has 2 aliphatic rings. The molecule has 1 fully saturated rings. The second-order valence-electron chi connectivity index (χ2n) is 11.0. The molecule has 1 unspecified atom stereocenters. The fourth-order valence-electron chi connectivity index (χ4n) is 6.24. The minimum atomic E-state index is -4.50. The Bertz CT molecular complexity index is 1730. The van der Waals surface area contributed by atoms with Crippen LogP contribution in [0, 0.1) is 5.92 Å². The Morgan fingerprint density at radius 2 is 1.76 bits per heavy atom. The van der Waals surface area contributed by atoms with Crippen LogP contribution in [0.5, 0.6) is 11.5 Å². The number of benzene rings is 3. The van der Waals surface area contributed by atoms with Crippen LogP contribution >= 0.6 is 11.6 Å². The van der Waals surface area contributed by atoms with Gasteiger partial charge in [0.15, 0.2) is 5.54 Å². The third kappa shape index (κ3) is 6.04. The number of nitrogens with zero attached hydrogens (tertiary/aromatic N) is 1. The lowest BCUT2D eigenvalue weighted by atomic mass is 9.76. The number of hydrogen-bond donors (Lipinski definition) is 2. The van der Waals surface area contributed by atoms with E-state index in [0.717, 1.165) is 32.1 Å². The molecule has 11 nitrogen and oxygen atoms in total. The van der Waals surface area contributed by atoms with Crippen molar-refractivity contribution in [3.8, 4) is 11.5 Å². The first-order chi connectivity index (χ1) is 21.5. The summed E-state index contributed by atoms with van der Waals surface area (Å²) < 4.78 is 44.9. The minimum absolute atomic E-state index is 0.0487. The third-order valence-corrected chi connectivity index (χ3v) is 10.7. The molecular formula is C32H34ClN3O8S. The number of fused-ring (bicyclic) bond motifs is 1. The summed E-state index contributed by atoms with van der Waals surface area (Å²) in [7, 11) is -0.584. The Morgan fingerprint density at radius 1 is 1.04 bits per heavy atom. The van der Waals surface area contributed by atoms with Gasteiger partial charge in [0.25, 0.3) is 5.91 Å². The molecule has 3 aromatic carbocycles. The molecule has 1 atom stereocenters. The number of likely N-dealkylation sites (N-methyl/N-ethyl adjacent to an activating group) is 1. The fraction of sp³-hybridized carbons (Fsp3) is 0.344. The molecule has 0 saturated heterocycles. The molecule has 5 rings (SSSR count). The number of ether oxygens (including phenoxy) is 3. The van der Waals surface area contributed by atoms with Crippen LogP contribution in [0.15, 0.2) is 70.5 Å². The van der Waals surface area contributed by atoms with Crippen molar-refractivity contribution in [1.29, 1.82) is 0 Å². The first-order valence-corrected chi connectivity index (χ1v) is 16.3. The van der Waals surface area contributed by atoms with Crippen molar-refractivity contribution in [3.05, 3.63) is 71.2 Å². The molecule has 1 saturated carbocycles. The quantitative estimate of drug-likeness (QED) is 0.276. The Morgan fingerprint density at radius 3 is 2.42 bits per heavy atom. The van der Waals surface area contributed by atoms with E-state index in [1.54, 1.807) is 30.3 Å². The monoisotopic (exact) mass is 655 g/mol. The highest BCUT2D eigenvalue weighted by Gasteiger charge is 2.56. The highest BCUT2D eigenvalue weighted by Crippen LogP contribution is 2.52. The molecule has 0 spiro atoms. The molecule has 1 aliphatic heterocycles. The number of amides is 3. The number of carbonyl (C=O) groups excluding carboxylic acids is 3. The van der Waals surface area contributed by atoms with E-state index >= 15 is 0 Å². The Labute approximate surface area is 266 Å². The van der Waals surface area contributed by atoms with Crippen molar-refractivity contribution in [2.75, 3.05) is 31.9 Å². The van der Waals surface area contributed by atoms with Gasteiger partial charge in [-0.2, -0.15) is 0 Å². The van der Waals surface area contributed by atoms with Gasteiger partial charge in [0.1, 0.15) is 16.4 Å². The molecule has 3 amide bonds. The number of anilines is 2. The molecule has 2 N–H and O–H groups in total. The van der Waals surface area contributed by atoms with E-state index < -0.39 is 33.5 Å². The maximum Gasteiger partial charge on any atom is 0.417 e. The van der Waals surface area contributed by atoms with E-state index in [9.17, 15) is 22.8 Å². The van der Waals surface area contributed by atoms with E-state index in [1.165, 1.54) is 56.5 Å². The average Bonchev–Trinajstić information content (AvgIpc) is 3.31. The molecule has 3 aromatic rings. The van der Waals surface area contributed by atoms with E-state index in [2.05, 4.69) is 10.6 Å². The number of nitrogens with one attached hydrogen (secondary N) is 2. The van der Waals surface area contributed by atoms with Crippen LogP contribution in [0.4, 0.5) is 21.0 Å². The smallest absolute Gasteiger partial charge is 0.417 e. The molecule has 238 valence electrons. The number of hydrogen-bond acceptors (Lipinski definition) is 8. The van der Waals surface area contributed by atoms with Gasteiger partial charge in [0, 0.05) is 30.1 Å². The van der Waals surface area contributed by atoms with Gasteiger partial charge in [-0.15, -0.1) is 0 Å². The average molecular weight is 656 g/mol. The highest BCUT2D eigenvalue weighted by atomic mass is 35.5. The van der Waals surface area contributed by atoms with Gasteiger partial charge >= 0.3 is 12.2 Å². The summed E-state index contributed by atoms with van der Waals surface area (Å²) in [6.07, 6.45) is 3.26. The topological polar surface area (TPSA) is 140 Å². The molecule has 45 heavy (non-hydrogen) atoms. The van der Waals surface area contributed by atoms with Crippen LogP contribution in [0.1, 0.15) is 44.1 Å². The fourth-order valence-corrected chi connectivity index (χ4v) is 8.45. The lowest BCUT2D eigenvalue weighted by Gasteiger charge is -2.40. The number of methoxy groups -OCH3 is 2. The van der Waals surface area contributed by atoms with Crippen LogP contribution in [0.25, 0.3) is 0 Å². The molecule has 0 aromatic heterocycles. The predicted molar refractivity (Wildman–Crippen MR) is 168 cm³/mol. The zero-order chi connectivity index (χ0) is 32.4. The van der Waals surface area contributed by atoms with Gasteiger partial charge < -0.3 is 19.5 Å². The molecular weight excluding hydrogens is 622 g/mol. The number of halogens is 1. The standard InChI is InChI=1S/C32H34ClN3O8S/c1-36(31(39)43-3)32(19-20-10-6-4-7-11-20)27-24(35-29(32)37)16-15-23(33)28(27)45(40,41)26-17-14-21(18-25(26)42-2)34-30(38)44-22-12-8-5-9-13-22/h5,8-9,12-18,20H,4,6-7,10-11,19H2,1-3H3,(H,34,38)(H,35,37). The van der Waals surface area contributed by atoms with Gasteiger partial charge in [0.2, 0.25) is 9.84 Å². The van der Waals surface area contributed by atoms with Crippen molar-refractivity contribution < 1.29 is 37.0 Å². The lowest BCUT2D eigenvalue weighted by Crippen LogP contribution is -2.53. The molecule has 13 heteroatoms. The summed E-state index contributed by atoms with van der Waals surface area (Å²) >= 11 is 6.68. The first-order valence-electron chi connectivity index (χ1n) is 14.5. The van der Waals surface area contributed by atoms with Crippen molar-refractivity contribution >= 4 is 50.9 Å². The van der Waals surface area contributed by atoms with E-state index in [4.69, 9.17) is 25.8 Å². The van der Waals surface area contributed by atoms with E-state index in [1.807, 2.05) is 0 Å². The van der Waals surface area contributed by atoms with Crippen molar-refractivity contribution in [1.82, 2.24) is 4.90 Å². The van der Waals surface area contributed by atoms with Gasteiger partial charge in [-0.25, -0.2) is 18.0 Å². The second kappa shape index (κ2) is 13.0. The predicted octanol–water partition coefficient (Wildman–Crippen LogP) is 6.61. The molecule has 1 aliphatic carbocycles. The van der Waals surface area contributed by atoms with Gasteiger partial charge in [-0.1, -0.05) is 61.9 Å². The highest BCUT2D eigenvalue weighted by molar-refractivity contribution is 7.91. The largest absolute Gasteiger partial charge is 0.495 e. The summed E-state index contributed by atoms with van der Waals surface area (Å²) in [5.41, 5.74) is -1.19. The maximum absolute atomic E-state index is 14.6. The SMILES string of the molecule is COC(=O)N(C)C1(CC2CCCCC2)C(=O)Nc2ccc(Cl)c(S(=O)(=O)c3ccc(NC(=O)Oc4ccccc4)cc3OC)c21. The number of para-hydroxylation sites is 1. The zero-order valence-corrected chi connectivity index (χ0v) is 26.7. The van der Waals surface area contributed by atoms with Gasteiger partial charge in [0.05, 0.1) is 24.1 Å². The van der Waals surface area contributed by atoms with Gasteiger partial charge in [-0.05, 0) is 48.7 Å². The molecule has 0 radical (unpaired) electrons. The molecule has 1 heterocycles. The Kier molecular flexibility index (Phi) is 9.26. The number of carbonyl (C=O) groups is 3. The summed E-state index contributed by atoms with van der Waals surface area (Å²) in [4.78, 5) is 40.0. The summed E-state index contributed by atoms with van der Waals surface area (Å²) in [5, 5.41) is 5.23. The third-order valence-electron chi connectivity index (χ3n) is 8.40. The van der Waals surface area contributed by atoms with Crippen molar-refractivity contribution in [3.63, 3.8) is 0 Å². The summed E-state index contributed by atoms with van der Waals surface area (Å²) in [6, 6.07) is 15.4. The molecule has 0 bridgehead atoms. The summed E-state index contributed by atoms with van der Waals surface area (Å²) in [5.74, 6) is -0.256. The Balaban J connectivity index is 1.60. The van der Waals surface area contributed by atoms with Crippen molar-refractivity contribution in [2.45, 2.75) is 53.9 Å². The van der Waals surface area contributed by atoms with Crippen LogP contribution in [0.3, 0.4) is 0 Å². The van der Waals surface area contributed by atoms with Crippen molar-refractivity contribution in [2.24, 2.45) is 5.92 Å². The summed E-state index contributed by atoms with van der Waals surface area (Å²) in [6.45, 7) is 0. The van der Waals surface area contributed by atoms with Crippen LogP contribution in [0.2, 0.25) is 5.02 Å². The lowest BCUT2D eigenvalue weighted by molar-refractivity contribution is -0.127. The van der Waals surface area contributed by atoms with Crippen LogP contribution in [-0.2, 0) is 24.9 Å². The second-order valence-corrected chi connectivity index (χ2v) is 13.3. The zero-order valence-electron chi connectivity index (χ0n) is 25.1. The normalized spacial score (nSPS) is 18.0. The van der Waals surface area contributed by atoms with E-state index in [-0.39, 0.29) is 49.8 Å². The maximum atomic E-state index is 14.6. The Hall–Kier alpha value is -4.29. The van der Waals surface area contributed by atoms with E-state index in [0.29, 0.717) is 5.75 Å². The first kappa shape index (κ1) is 32.1. The number of rotatable bonds is 8.